The minimum absolute atomic E-state index is 0.133. The molecule has 0 bridgehead atoms. The third-order valence-electron chi connectivity index (χ3n) is 6.34. The highest BCUT2D eigenvalue weighted by Crippen LogP contribution is 2.10. The Morgan fingerprint density at radius 1 is 0.400 bits per heavy atom. The minimum atomic E-state index is -1.45. The summed E-state index contributed by atoms with van der Waals surface area (Å²) in [6.45, 7) is 17.8. The number of esters is 1. The van der Waals surface area contributed by atoms with Gasteiger partial charge < -0.3 is 47.1 Å². The first-order valence-corrected chi connectivity index (χ1v) is 20.8. The third kappa shape index (κ3) is 41.3. The second-order valence-corrected chi connectivity index (χ2v) is 16.2. The van der Waals surface area contributed by atoms with Crippen molar-refractivity contribution in [1.29, 1.82) is 0 Å². The van der Waals surface area contributed by atoms with Crippen molar-refractivity contribution in [1.82, 2.24) is 0 Å². The van der Waals surface area contributed by atoms with Crippen LogP contribution < -0.4 is 0 Å². The number of carbonyl (C=O) groups excluding carboxylic acids is 1. The van der Waals surface area contributed by atoms with Crippen molar-refractivity contribution in [2.45, 2.75) is 90.8 Å². The SMILES string of the molecule is CCCCCCCCCCCC(=O)OCCOCCOCCOCCOCCOCCOCCOCCOCCO[Si](C)(C)C. The molecule has 0 atom stereocenters. The summed E-state index contributed by atoms with van der Waals surface area (Å²) >= 11 is 0. The molecular formula is C33H68O11Si. The standard InChI is InChI=1S/C33H68O11Si/c1-5-6-7-8-9-10-11-12-13-14-33(34)43-31-29-41-27-25-39-23-21-37-19-17-35-15-16-36-18-20-38-22-24-40-26-28-42-30-32-44-45(2,3)4/h5-32H2,1-4H3. The molecule has 0 heterocycles. The Morgan fingerprint density at radius 3 is 1.02 bits per heavy atom. The van der Waals surface area contributed by atoms with Gasteiger partial charge in [-0.2, -0.15) is 0 Å². The fourth-order valence-electron chi connectivity index (χ4n) is 3.91. The minimum Gasteiger partial charge on any atom is -0.463 e. The monoisotopic (exact) mass is 668 g/mol. The molecule has 270 valence electrons. The zero-order valence-electron chi connectivity index (χ0n) is 29.3. The van der Waals surface area contributed by atoms with Gasteiger partial charge in [0.25, 0.3) is 0 Å². The van der Waals surface area contributed by atoms with E-state index in [-0.39, 0.29) is 5.97 Å². The fourth-order valence-corrected chi connectivity index (χ4v) is 4.61. The summed E-state index contributed by atoms with van der Waals surface area (Å²) in [6.07, 6.45) is 11.6. The number of carbonyl (C=O) groups is 1. The van der Waals surface area contributed by atoms with Gasteiger partial charge in [0.05, 0.1) is 112 Å². The molecule has 0 radical (unpaired) electrons. The van der Waals surface area contributed by atoms with Gasteiger partial charge >= 0.3 is 5.97 Å². The molecule has 0 aliphatic heterocycles. The maximum Gasteiger partial charge on any atom is 0.305 e. The van der Waals surface area contributed by atoms with Gasteiger partial charge in [0, 0.05) is 6.42 Å². The van der Waals surface area contributed by atoms with E-state index in [4.69, 9.17) is 47.1 Å². The summed E-state index contributed by atoms with van der Waals surface area (Å²) in [6, 6.07) is 0. The van der Waals surface area contributed by atoms with Gasteiger partial charge in [-0.3, -0.25) is 4.79 Å². The van der Waals surface area contributed by atoms with Crippen molar-refractivity contribution in [3.05, 3.63) is 0 Å². The van der Waals surface area contributed by atoms with Crippen LogP contribution in [-0.4, -0.2) is 133 Å². The molecule has 0 aromatic carbocycles. The number of ether oxygens (including phenoxy) is 9. The molecule has 0 N–H and O–H groups in total. The lowest BCUT2D eigenvalue weighted by atomic mass is 10.1. The molecule has 12 heteroatoms. The molecule has 0 fully saturated rings. The number of unbranched alkanes of at least 4 members (excludes halogenated alkanes) is 8. The molecule has 0 aliphatic carbocycles. The predicted molar refractivity (Wildman–Crippen MR) is 179 cm³/mol. The normalized spacial score (nSPS) is 11.8. The van der Waals surface area contributed by atoms with Crippen LogP contribution in [0.15, 0.2) is 0 Å². The van der Waals surface area contributed by atoms with Crippen molar-refractivity contribution >= 4 is 14.3 Å². The molecule has 0 saturated heterocycles. The molecule has 0 aromatic rings. The lowest BCUT2D eigenvalue weighted by molar-refractivity contribution is -0.145. The van der Waals surface area contributed by atoms with Crippen molar-refractivity contribution in [3.8, 4) is 0 Å². The predicted octanol–water partition coefficient (Wildman–Crippen LogP) is 5.43. The zero-order chi connectivity index (χ0) is 32.9. The average molecular weight is 669 g/mol. The topological polar surface area (TPSA) is 109 Å². The molecule has 0 aliphatic rings. The first kappa shape index (κ1) is 44.3. The van der Waals surface area contributed by atoms with Crippen molar-refractivity contribution < 1.29 is 51.9 Å². The van der Waals surface area contributed by atoms with Gasteiger partial charge in [-0.25, -0.2) is 0 Å². The summed E-state index contributed by atoms with van der Waals surface area (Å²) < 4.78 is 54.7. The maximum absolute atomic E-state index is 11.8. The summed E-state index contributed by atoms with van der Waals surface area (Å²) in [7, 11) is -1.45. The van der Waals surface area contributed by atoms with Gasteiger partial charge in [-0.05, 0) is 26.1 Å². The summed E-state index contributed by atoms with van der Waals surface area (Å²) in [4.78, 5) is 11.8. The van der Waals surface area contributed by atoms with E-state index in [2.05, 4.69) is 26.6 Å². The largest absolute Gasteiger partial charge is 0.463 e. The third-order valence-corrected chi connectivity index (χ3v) is 7.41. The molecular weight excluding hydrogens is 600 g/mol. The van der Waals surface area contributed by atoms with Crippen LogP contribution in [-0.2, 0) is 51.9 Å². The Bertz CT molecular complexity index is 593. The highest BCUT2D eigenvalue weighted by atomic mass is 28.4. The van der Waals surface area contributed by atoms with Crippen LogP contribution in [0.4, 0.5) is 0 Å². The van der Waals surface area contributed by atoms with Gasteiger partial charge in [0.1, 0.15) is 6.61 Å². The van der Waals surface area contributed by atoms with Gasteiger partial charge in [-0.1, -0.05) is 58.3 Å². The van der Waals surface area contributed by atoms with Crippen molar-refractivity contribution in [3.63, 3.8) is 0 Å². The maximum atomic E-state index is 11.8. The Labute approximate surface area is 275 Å². The van der Waals surface area contributed by atoms with E-state index in [1.165, 1.54) is 44.9 Å². The summed E-state index contributed by atoms with van der Waals surface area (Å²) in [5, 5.41) is 0. The molecule has 45 heavy (non-hydrogen) atoms. The van der Waals surface area contributed by atoms with Crippen LogP contribution >= 0.6 is 0 Å². The number of hydrogen-bond acceptors (Lipinski definition) is 11. The lowest BCUT2D eigenvalue weighted by Crippen LogP contribution is -2.27. The molecule has 0 unspecified atom stereocenters. The number of hydrogen-bond donors (Lipinski definition) is 0. The van der Waals surface area contributed by atoms with E-state index in [1.807, 2.05) is 0 Å². The van der Waals surface area contributed by atoms with Crippen molar-refractivity contribution in [2.75, 3.05) is 119 Å². The van der Waals surface area contributed by atoms with Crippen molar-refractivity contribution in [2.24, 2.45) is 0 Å². The van der Waals surface area contributed by atoms with Crippen LogP contribution in [0.2, 0.25) is 19.6 Å². The van der Waals surface area contributed by atoms with Crippen LogP contribution in [0, 0.1) is 0 Å². The van der Waals surface area contributed by atoms with E-state index >= 15 is 0 Å². The molecule has 11 nitrogen and oxygen atoms in total. The Balaban J connectivity index is 3.13. The summed E-state index contributed by atoms with van der Waals surface area (Å²) in [5.41, 5.74) is 0. The number of rotatable bonds is 38. The molecule has 0 aromatic heterocycles. The van der Waals surface area contributed by atoms with E-state index < -0.39 is 8.32 Å². The van der Waals surface area contributed by atoms with E-state index in [0.717, 1.165) is 12.8 Å². The highest BCUT2D eigenvalue weighted by molar-refractivity contribution is 6.69. The zero-order valence-corrected chi connectivity index (χ0v) is 30.3. The Morgan fingerprint density at radius 2 is 0.689 bits per heavy atom. The lowest BCUT2D eigenvalue weighted by Gasteiger charge is -2.16. The van der Waals surface area contributed by atoms with E-state index in [0.29, 0.717) is 125 Å². The van der Waals surface area contributed by atoms with Gasteiger partial charge in [0.15, 0.2) is 8.32 Å². The van der Waals surface area contributed by atoms with Crippen LogP contribution in [0.25, 0.3) is 0 Å². The van der Waals surface area contributed by atoms with Gasteiger partial charge in [-0.15, -0.1) is 0 Å². The van der Waals surface area contributed by atoms with Crippen LogP contribution in [0.5, 0.6) is 0 Å². The quantitative estimate of drug-likeness (QED) is 0.0477. The summed E-state index contributed by atoms with van der Waals surface area (Å²) in [5.74, 6) is -0.133. The molecule has 0 rings (SSSR count). The first-order chi connectivity index (χ1) is 22.0. The molecule has 0 amide bonds. The van der Waals surface area contributed by atoms with Crippen LogP contribution in [0.1, 0.15) is 71.1 Å². The highest BCUT2D eigenvalue weighted by Gasteiger charge is 2.13. The molecule has 0 spiro atoms. The Hall–Kier alpha value is -0.673. The second kappa shape index (κ2) is 36.2. The smallest absolute Gasteiger partial charge is 0.305 e. The first-order valence-electron chi connectivity index (χ1n) is 17.4. The average Bonchev–Trinajstić information content (AvgIpc) is 3.01. The van der Waals surface area contributed by atoms with Gasteiger partial charge in [0.2, 0.25) is 0 Å². The molecule has 0 saturated carbocycles. The van der Waals surface area contributed by atoms with E-state index in [9.17, 15) is 4.79 Å². The fraction of sp³-hybridized carbons (Fsp3) is 0.970. The second-order valence-electron chi connectivity index (χ2n) is 11.7. The van der Waals surface area contributed by atoms with Crippen LogP contribution in [0.3, 0.4) is 0 Å². The van der Waals surface area contributed by atoms with E-state index in [1.54, 1.807) is 0 Å². The Kier molecular flexibility index (Phi) is 35.6.